The fraction of sp³-hybridized carbons (Fsp3) is 0.400. The van der Waals surface area contributed by atoms with Crippen LogP contribution in [-0.4, -0.2) is 31.1 Å². The summed E-state index contributed by atoms with van der Waals surface area (Å²) in [5.74, 6) is 1.72. The lowest BCUT2D eigenvalue weighted by molar-refractivity contribution is 0.233. The van der Waals surface area contributed by atoms with E-state index in [0.717, 1.165) is 11.5 Å². The van der Waals surface area contributed by atoms with E-state index in [-0.39, 0.29) is 0 Å². The van der Waals surface area contributed by atoms with Crippen LogP contribution in [0.1, 0.15) is 32.4 Å². The quantitative estimate of drug-likeness (QED) is 0.816. The zero-order valence-electron chi connectivity index (χ0n) is 14.8. The molecule has 0 heterocycles. The van der Waals surface area contributed by atoms with Crippen LogP contribution in [0.3, 0.4) is 0 Å². The molecule has 3 heteroatoms. The summed E-state index contributed by atoms with van der Waals surface area (Å²) in [6, 6.07) is 19.4. The van der Waals surface area contributed by atoms with Crippen molar-refractivity contribution in [3.63, 3.8) is 0 Å². The van der Waals surface area contributed by atoms with Gasteiger partial charge in [0.2, 0.25) is 0 Å². The van der Waals surface area contributed by atoms with Crippen LogP contribution in [0, 0.1) is 0 Å². The number of hydrogen-bond acceptors (Lipinski definition) is 3. The third-order valence-corrected chi connectivity index (χ3v) is 3.83. The lowest BCUT2D eigenvalue weighted by Gasteiger charge is -2.32. The molecule has 0 aliphatic rings. The van der Waals surface area contributed by atoms with Crippen LogP contribution in [0.4, 0.5) is 0 Å². The summed E-state index contributed by atoms with van der Waals surface area (Å²) in [4.78, 5) is 2.26. The molecule has 23 heavy (non-hydrogen) atoms. The minimum Gasteiger partial charge on any atom is -0.457 e. The second-order valence-corrected chi connectivity index (χ2v) is 6.50. The van der Waals surface area contributed by atoms with Crippen molar-refractivity contribution in [3.8, 4) is 11.5 Å². The number of likely N-dealkylation sites (N-methyl/N-ethyl adjacent to an activating group) is 1. The molecule has 0 amide bonds. The number of hydrogen-bond donors (Lipinski definition) is 1. The molecular formula is C20H28N2O. The van der Waals surface area contributed by atoms with Gasteiger partial charge in [0, 0.05) is 18.1 Å². The Balaban J connectivity index is 2.12. The van der Waals surface area contributed by atoms with Crippen LogP contribution < -0.4 is 10.1 Å². The monoisotopic (exact) mass is 312 g/mol. The van der Waals surface area contributed by atoms with Gasteiger partial charge in [0.1, 0.15) is 11.5 Å². The van der Waals surface area contributed by atoms with Gasteiger partial charge in [0.15, 0.2) is 0 Å². The Kier molecular flexibility index (Phi) is 6.20. The van der Waals surface area contributed by atoms with Crippen molar-refractivity contribution in [2.75, 3.05) is 14.1 Å². The molecule has 0 unspecified atom stereocenters. The highest BCUT2D eigenvalue weighted by Gasteiger charge is 2.21. The van der Waals surface area contributed by atoms with Gasteiger partial charge in [0.25, 0.3) is 0 Å². The second kappa shape index (κ2) is 8.14. The Morgan fingerprint density at radius 3 is 1.91 bits per heavy atom. The SMILES string of the molecule is CC(C)N[C@@H](C)[C@H](c1ccc(Oc2ccccc2)cc1)N(C)C. The van der Waals surface area contributed by atoms with Crippen molar-refractivity contribution in [3.05, 3.63) is 60.2 Å². The lowest BCUT2D eigenvalue weighted by Crippen LogP contribution is -2.42. The summed E-state index contributed by atoms with van der Waals surface area (Å²) in [7, 11) is 4.25. The molecule has 2 aromatic carbocycles. The van der Waals surface area contributed by atoms with Crippen LogP contribution in [0.5, 0.6) is 11.5 Å². The largest absolute Gasteiger partial charge is 0.457 e. The minimum atomic E-state index is 0.322. The first-order valence-electron chi connectivity index (χ1n) is 8.22. The van der Waals surface area contributed by atoms with E-state index in [1.54, 1.807) is 0 Å². The topological polar surface area (TPSA) is 24.5 Å². The van der Waals surface area contributed by atoms with Crippen LogP contribution in [0.2, 0.25) is 0 Å². The highest BCUT2D eigenvalue weighted by molar-refractivity contribution is 5.34. The average molecular weight is 312 g/mol. The number of nitrogens with one attached hydrogen (secondary N) is 1. The second-order valence-electron chi connectivity index (χ2n) is 6.50. The van der Waals surface area contributed by atoms with Gasteiger partial charge in [-0.25, -0.2) is 0 Å². The van der Waals surface area contributed by atoms with Gasteiger partial charge in [-0.3, -0.25) is 0 Å². The van der Waals surface area contributed by atoms with Gasteiger partial charge in [0.05, 0.1) is 0 Å². The first kappa shape index (κ1) is 17.5. The van der Waals surface area contributed by atoms with Gasteiger partial charge >= 0.3 is 0 Å². The summed E-state index contributed by atoms with van der Waals surface area (Å²) in [6.45, 7) is 6.60. The Labute approximate surface area is 140 Å². The molecule has 0 radical (unpaired) electrons. The molecule has 0 aliphatic heterocycles. The summed E-state index contributed by atoms with van der Waals surface area (Å²) in [5.41, 5.74) is 1.29. The molecule has 0 spiro atoms. The molecule has 2 aromatic rings. The molecule has 0 saturated carbocycles. The fourth-order valence-electron chi connectivity index (χ4n) is 3.01. The number of para-hydroxylation sites is 1. The smallest absolute Gasteiger partial charge is 0.127 e. The summed E-state index contributed by atoms with van der Waals surface area (Å²) >= 11 is 0. The van der Waals surface area contributed by atoms with Gasteiger partial charge in [-0.05, 0) is 50.8 Å². The normalized spacial score (nSPS) is 14.0. The molecule has 0 fully saturated rings. The maximum atomic E-state index is 5.87. The third kappa shape index (κ3) is 5.08. The highest BCUT2D eigenvalue weighted by Crippen LogP contribution is 2.27. The standard InChI is InChI=1S/C20H28N2O/c1-15(2)21-16(3)20(22(4)5)17-11-13-19(14-12-17)23-18-9-7-6-8-10-18/h6-16,20-21H,1-5H3/t16-,20+/m0/s1. The van der Waals surface area contributed by atoms with Gasteiger partial charge in [-0.1, -0.05) is 44.2 Å². The van der Waals surface area contributed by atoms with E-state index in [4.69, 9.17) is 4.74 Å². The summed E-state index contributed by atoms with van der Waals surface area (Å²) in [5, 5.41) is 3.60. The van der Waals surface area contributed by atoms with E-state index in [2.05, 4.69) is 57.2 Å². The Morgan fingerprint density at radius 1 is 0.826 bits per heavy atom. The fourth-order valence-corrected chi connectivity index (χ4v) is 3.01. The van der Waals surface area contributed by atoms with Crippen molar-refractivity contribution in [2.45, 2.75) is 38.9 Å². The number of ether oxygens (including phenoxy) is 1. The molecule has 2 atom stereocenters. The zero-order chi connectivity index (χ0) is 16.8. The van der Waals surface area contributed by atoms with Gasteiger partial charge < -0.3 is 15.0 Å². The first-order chi connectivity index (χ1) is 11.0. The van der Waals surface area contributed by atoms with Crippen LogP contribution >= 0.6 is 0 Å². The molecule has 1 N–H and O–H groups in total. The van der Waals surface area contributed by atoms with Crippen molar-refractivity contribution < 1.29 is 4.74 Å². The minimum absolute atomic E-state index is 0.322. The molecular weight excluding hydrogens is 284 g/mol. The van der Waals surface area contributed by atoms with Gasteiger partial charge in [-0.15, -0.1) is 0 Å². The summed E-state index contributed by atoms with van der Waals surface area (Å²) in [6.07, 6.45) is 0. The summed E-state index contributed by atoms with van der Waals surface area (Å²) < 4.78 is 5.87. The average Bonchev–Trinajstić information content (AvgIpc) is 2.49. The molecule has 124 valence electrons. The maximum absolute atomic E-state index is 5.87. The van der Waals surface area contributed by atoms with Crippen molar-refractivity contribution in [1.82, 2.24) is 10.2 Å². The Morgan fingerprint density at radius 2 is 1.39 bits per heavy atom. The van der Waals surface area contributed by atoms with Crippen molar-refractivity contribution in [1.29, 1.82) is 0 Å². The predicted molar refractivity (Wildman–Crippen MR) is 97.1 cm³/mol. The molecule has 0 aromatic heterocycles. The molecule has 0 saturated heterocycles. The van der Waals surface area contributed by atoms with Gasteiger partial charge in [-0.2, -0.15) is 0 Å². The highest BCUT2D eigenvalue weighted by atomic mass is 16.5. The molecule has 0 aliphatic carbocycles. The Bertz CT molecular complexity index is 578. The zero-order valence-corrected chi connectivity index (χ0v) is 14.8. The third-order valence-electron chi connectivity index (χ3n) is 3.83. The molecule has 2 rings (SSSR count). The van der Waals surface area contributed by atoms with Crippen LogP contribution in [0.25, 0.3) is 0 Å². The maximum Gasteiger partial charge on any atom is 0.127 e. The first-order valence-corrected chi connectivity index (χ1v) is 8.22. The number of benzene rings is 2. The Hall–Kier alpha value is -1.84. The van der Waals surface area contributed by atoms with E-state index >= 15 is 0 Å². The van der Waals surface area contributed by atoms with Crippen LogP contribution in [-0.2, 0) is 0 Å². The van der Waals surface area contributed by atoms with E-state index in [9.17, 15) is 0 Å². The van der Waals surface area contributed by atoms with Crippen molar-refractivity contribution in [2.24, 2.45) is 0 Å². The predicted octanol–water partition coefficient (Wildman–Crippen LogP) is 4.47. The molecule has 0 bridgehead atoms. The lowest BCUT2D eigenvalue weighted by atomic mass is 9.98. The van der Waals surface area contributed by atoms with E-state index in [1.165, 1.54) is 5.56 Å². The van der Waals surface area contributed by atoms with E-state index in [0.29, 0.717) is 18.1 Å². The molecule has 3 nitrogen and oxygen atoms in total. The van der Waals surface area contributed by atoms with E-state index in [1.807, 2.05) is 42.5 Å². The van der Waals surface area contributed by atoms with Crippen molar-refractivity contribution >= 4 is 0 Å². The number of rotatable bonds is 7. The van der Waals surface area contributed by atoms with E-state index < -0.39 is 0 Å². The van der Waals surface area contributed by atoms with Crippen LogP contribution in [0.15, 0.2) is 54.6 Å². The number of nitrogens with zero attached hydrogens (tertiary/aromatic N) is 1.